The number of nitrogens with zero attached hydrogens (tertiary/aromatic N) is 9. The van der Waals surface area contributed by atoms with Gasteiger partial charge in [-0.15, -0.1) is 0 Å². The Hall–Kier alpha value is -4.09. The van der Waals surface area contributed by atoms with Gasteiger partial charge in [0.25, 0.3) is 0 Å². The number of aryl methyl sites for hydroxylation is 4. The van der Waals surface area contributed by atoms with E-state index in [2.05, 4.69) is 6.07 Å². The highest BCUT2D eigenvalue weighted by Gasteiger charge is 2.55. The lowest BCUT2D eigenvalue weighted by molar-refractivity contribution is 0.00487. The molecule has 36 heavy (non-hydrogen) atoms. The van der Waals surface area contributed by atoms with Gasteiger partial charge in [-0.25, -0.2) is 19.9 Å². The van der Waals surface area contributed by atoms with Crippen molar-refractivity contribution in [2.75, 3.05) is 0 Å². The predicted molar refractivity (Wildman–Crippen MR) is 126 cm³/mol. The molecule has 0 N–H and O–H groups in total. The van der Waals surface area contributed by atoms with Crippen molar-refractivity contribution in [3.63, 3.8) is 0 Å². The van der Waals surface area contributed by atoms with Crippen molar-refractivity contribution >= 4 is 0 Å². The minimum Gasteiger partial charge on any atom is -0.348 e. The van der Waals surface area contributed by atoms with E-state index in [-0.39, 0.29) is 0 Å². The molecule has 11 nitrogen and oxygen atoms in total. The Bertz CT molecular complexity index is 1430. The highest BCUT2D eigenvalue weighted by Crippen LogP contribution is 2.50. The Morgan fingerprint density at radius 2 is 0.917 bits per heavy atom. The van der Waals surface area contributed by atoms with Crippen LogP contribution in [0.15, 0.2) is 55.6 Å². The van der Waals surface area contributed by atoms with Gasteiger partial charge < -0.3 is 27.7 Å². The summed E-state index contributed by atoms with van der Waals surface area (Å²) in [5, 5.41) is 0. The zero-order valence-electron chi connectivity index (χ0n) is 20.5. The van der Waals surface area contributed by atoms with Gasteiger partial charge in [-0.05, 0) is 6.07 Å². The van der Waals surface area contributed by atoms with Crippen LogP contribution in [-0.2, 0) is 62.1 Å². The SMILES string of the molecule is Cn1ccnc1C1(c2nccn2C)OCc2nc3c(cc21)C(c1nccn1C)(c1nccn1C)OC3. The standard InChI is InChI=1S/C25H25N9O2/c1-31-9-5-26-20(31)24(21-27-6-10-32(21)2)16-13-17-19(30-18(16)14-35-24)15-36-25(17,22-28-7-11-33(22)3)23-29-8-12-34(23)4/h5-13H,14-15H2,1-4H3. The highest BCUT2D eigenvalue weighted by molar-refractivity contribution is 5.52. The van der Waals surface area contributed by atoms with Gasteiger partial charge in [0.05, 0.1) is 24.6 Å². The molecule has 0 fully saturated rings. The molecule has 11 heteroatoms. The van der Waals surface area contributed by atoms with Crippen LogP contribution in [0.1, 0.15) is 45.8 Å². The van der Waals surface area contributed by atoms with Gasteiger partial charge >= 0.3 is 0 Å². The number of imidazole rings is 4. The molecule has 5 aromatic rings. The molecule has 0 spiro atoms. The molecule has 0 bridgehead atoms. The number of pyridine rings is 1. The first-order chi connectivity index (χ1) is 17.5. The first-order valence-electron chi connectivity index (χ1n) is 11.7. The van der Waals surface area contributed by atoms with Gasteiger partial charge in [-0.3, -0.25) is 4.98 Å². The average Bonchev–Trinajstić information content (AvgIpc) is 3.68. The lowest BCUT2D eigenvalue weighted by atomic mass is 9.85. The number of hydrogen-bond donors (Lipinski definition) is 0. The van der Waals surface area contributed by atoms with Crippen molar-refractivity contribution in [3.8, 4) is 0 Å². The Balaban J connectivity index is 1.55. The third kappa shape index (κ3) is 2.50. The number of aromatic nitrogens is 9. The number of ether oxygens (including phenoxy) is 2. The average molecular weight is 484 g/mol. The van der Waals surface area contributed by atoms with Crippen LogP contribution in [-0.4, -0.2) is 43.2 Å². The highest BCUT2D eigenvalue weighted by atomic mass is 16.5. The Morgan fingerprint density at radius 1 is 0.583 bits per heavy atom. The lowest BCUT2D eigenvalue weighted by Gasteiger charge is -2.31. The summed E-state index contributed by atoms with van der Waals surface area (Å²) in [6.07, 6.45) is 14.8. The molecule has 0 aliphatic carbocycles. The molecule has 0 saturated carbocycles. The van der Waals surface area contributed by atoms with Crippen molar-refractivity contribution in [2.24, 2.45) is 28.2 Å². The van der Waals surface area contributed by atoms with E-state index in [1.54, 1.807) is 24.8 Å². The van der Waals surface area contributed by atoms with E-state index in [9.17, 15) is 0 Å². The fraction of sp³-hybridized carbons (Fsp3) is 0.320. The summed E-state index contributed by atoms with van der Waals surface area (Å²) in [4.78, 5) is 24.0. The van der Waals surface area contributed by atoms with Crippen molar-refractivity contribution in [1.82, 2.24) is 43.2 Å². The second-order valence-corrected chi connectivity index (χ2v) is 9.36. The maximum atomic E-state index is 6.63. The fourth-order valence-electron chi connectivity index (χ4n) is 5.69. The smallest absolute Gasteiger partial charge is 0.210 e. The molecule has 7 rings (SSSR count). The van der Waals surface area contributed by atoms with Crippen molar-refractivity contribution in [2.45, 2.75) is 24.4 Å². The Kier molecular flexibility index (Phi) is 4.25. The second-order valence-electron chi connectivity index (χ2n) is 9.36. The zero-order valence-corrected chi connectivity index (χ0v) is 20.5. The zero-order chi connectivity index (χ0) is 24.7. The van der Waals surface area contributed by atoms with E-state index in [1.165, 1.54) is 0 Å². The predicted octanol–water partition coefficient (Wildman–Crippen LogP) is 1.66. The van der Waals surface area contributed by atoms with E-state index in [0.717, 1.165) is 45.8 Å². The molecule has 0 amide bonds. The molecule has 0 saturated heterocycles. The van der Waals surface area contributed by atoms with E-state index in [0.29, 0.717) is 13.2 Å². The molecule has 2 aliphatic heterocycles. The van der Waals surface area contributed by atoms with Gasteiger partial charge in [-0.2, -0.15) is 0 Å². The molecule has 0 radical (unpaired) electrons. The third-order valence-corrected chi connectivity index (χ3v) is 7.33. The Labute approximate surface area is 207 Å². The number of rotatable bonds is 4. The van der Waals surface area contributed by atoms with Crippen molar-refractivity contribution in [1.29, 1.82) is 0 Å². The van der Waals surface area contributed by atoms with E-state index in [1.807, 2.05) is 71.2 Å². The molecule has 2 aliphatic rings. The monoisotopic (exact) mass is 483 g/mol. The van der Waals surface area contributed by atoms with Crippen LogP contribution in [0.4, 0.5) is 0 Å². The summed E-state index contributed by atoms with van der Waals surface area (Å²) in [5.74, 6) is 2.93. The van der Waals surface area contributed by atoms with Crippen LogP contribution in [0.25, 0.3) is 0 Å². The van der Waals surface area contributed by atoms with Gasteiger partial charge in [-0.1, -0.05) is 0 Å². The van der Waals surface area contributed by atoms with Crippen LogP contribution in [0.5, 0.6) is 0 Å². The van der Waals surface area contributed by atoms with Gasteiger partial charge in [0, 0.05) is 88.9 Å². The van der Waals surface area contributed by atoms with Crippen molar-refractivity contribution < 1.29 is 9.47 Å². The van der Waals surface area contributed by atoms with Crippen LogP contribution >= 0.6 is 0 Å². The second kappa shape index (κ2) is 7.21. The van der Waals surface area contributed by atoms with Crippen LogP contribution in [0.2, 0.25) is 0 Å². The van der Waals surface area contributed by atoms with E-state index in [4.69, 9.17) is 34.4 Å². The quantitative estimate of drug-likeness (QED) is 0.383. The summed E-state index contributed by atoms with van der Waals surface area (Å²) in [6.45, 7) is 0.667. The third-order valence-electron chi connectivity index (χ3n) is 7.33. The summed E-state index contributed by atoms with van der Waals surface area (Å²) >= 11 is 0. The first-order valence-corrected chi connectivity index (χ1v) is 11.7. The fourth-order valence-corrected chi connectivity index (χ4v) is 5.69. The van der Waals surface area contributed by atoms with Gasteiger partial charge in [0.15, 0.2) is 23.3 Å². The van der Waals surface area contributed by atoms with Gasteiger partial charge in [0.2, 0.25) is 11.2 Å². The molecular formula is C25H25N9O2. The number of fused-ring (bicyclic) bond motifs is 2. The lowest BCUT2D eigenvalue weighted by Crippen LogP contribution is -2.37. The summed E-state index contributed by atoms with van der Waals surface area (Å²) in [5.41, 5.74) is 1.40. The molecule has 5 aromatic heterocycles. The summed E-state index contributed by atoms with van der Waals surface area (Å²) in [6, 6.07) is 2.14. The summed E-state index contributed by atoms with van der Waals surface area (Å²) in [7, 11) is 7.85. The topological polar surface area (TPSA) is 103 Å². The maximum absolute atomic E-state index is 6.63. The molecule has 0 unspecified atom stereocenters. The van der Waals surface area contributed by atoms with Crippen LogP contribution in [0.3, 0.4) is 0 Å². The molecular weight excluding hydrogens is 458 g/mol. The van der Waals surface area contributed by atoms with Crippen LogP contribution < -0.4 is 0 Å². The van der Waals surface area contributed by atoms with Crippen molar-refractivity contribution in [3.05, 3.63) is 101 Å². The molecule has 7 heterocycles. The molecule has 0 aromatic carbocycles. The summed E-state index contributed by atoms with van der Waals surface area (Å²) < 4.78 is 21.1. The first kappa shape index (κ1) is 21.2. The molecule has 182 valence electrons. The minimum atomic E-state index is -1.04. The van der Waals surface area contributed by atoms with Gasteiger partial charge in [0.1, 0.15) is 0 Å². The van der Waals surface area contributed by atoms with E-state index < -0.39 is 11.2 Å². The molecule has 0 atom stereocenters. The Morgan fingerprint density at radius 3 is 1.19 bits per heavy atom. The largest absolute Gasteiger partial charge is 0.348 e. The maximum Gasteiger partial charge on any atom is 0.210 e. The van der Waals surface area contributed by atoms with Crippen LogP contribution in [0, 0.1) is 0 Å². The minimum absolute atomic E-state index is 0.333. The normalized spacial score (nSPS) is 17.4. The van der Waals surface area contributed by atoms with E-state index >= 15 is 0 Å². The number of hydrogen-bond acceptors (Lipinski definition) is 7.